The molecule has 20 heavy (non-hydrogen) atoms. The Balaban J connectivity index is 1.73. The Bertz CT molecular complexity index is 380. The molecule has 3 nitrogen and oxygen atoms in total. The molecule has 1 saturated heterocycles. The normalized spacial score (nSPS) is 17.6. The zero-order valence-corrected chi connectivity index (χ0v) is 13.1. The maximum Gasteiger partial charge on any atom is 0.118 e. The molecule has 0 unspecified atom stereocenters. The molecular weight excluding hydrogens is 248 g/mol. The monoisotopic (exact) mass is 276 g/mol. The van der Waals surface area contributed by atoms with Gasteiger partial charge in [0.1, 0.15) is 5.75 Å². The lowest BCUT2D eigenvalue weighted by Gasteiger charge is -2.35. The Kier molecular flexibility index (Phi) is 5.86. The van der Waals surface area contributed by atoms with E-state index in [4.69, 9.17) is 4.74 Å². The standard InChI is InChI=1S/C17H28N2O/c1-15(2)8-9-18-10-12-19(13-11-18)14-16-4-6-17(20-3)7-5-16/h4-7,15H,8-14H2,1-3H3. The van der Waals surface area contributed by atoms with Gasteiger partial charge in [0, 0.05) is 32.7 Å². The molecule has 0 amide bonds. The molecule has 2 rings (SSSR count). The van der Waals surface area contributed by atoms with E-state index in [0.717, 1.165) is 18.2 Å². The molecule has 0 radical (unpaired) electrons. The Morgan fingerprint density at radius 2 is 1.60 bits per heavy atom. The molecular formula is C17H28N2O. The van der Waals surface area contributed by atoms with Crippen LogP contribution in [0.1, 0.15) is 25.8 Å². The highest BCUT2D eigenvalue weighted by atomic mass is 16.5. The van der Waals surface area contributed by atoms with Gasteiger partial charge in [-0.05, 0) is 36.6 Å². The Morgan fingerprint density at radius 1 is 1.00 bits per heavy atom. The molecule has 0 aromatic heterocycles. The third-order valence-corrected chi connectivity index (χ3v) is 4.05. The molecule has 0 aliphatic carbocycles. The molecule has 112 valence electrons. The lowest BCUT2D eigenvalue weighted by Crippen LogP contribution is -2.46. The predicted molar refractivity (Wildman–Crippen MR) is 84.2 cm³/mol. The third-order valence-electron chi connectivity index (χ3n) is 4.05. The first-order chi connectivity index (χ1) is 9.67. The van der Waals surface area contributed by atoms with Crippen molar-refractivity contribution in [3.63, 3.8) is 0 Å². The van der Waals surface area contributed by atoms with Crippen LogP contribution in [-0.2, 0) is 6.54 Å². The van der Waals surface area contributed by atoms with Crippen molar-refractivity contribution in [3.05, 3.63) is 29.8 Å². The molecule has 0 N–H and O–H groups in total. The summed E-state index contributed by atoms with van der Waals surface area (Å²) in [6.45, 7) is 11.7. The summed E-state index contributed by atoms with van der Waals surface area (Å²) in [7, 11) is 1.71. The van der Waals surface area contributed by atoms with Crippen LogP contribution >= 0.6 is 0 Å². The average molecular weight is 276 g/mol. The molecule has 0 atom stereocenters. The summed E-state index contributed by atoms with van der Waals surface area (Å²) in [5.41, 5.74) is 1.38. The first-order valence-electron chi connectivity index (χ1n) is 7.75. The van der Waals surface area contributed by atoms with Crippen molar-refractivity contribution < 1.29 is 4.74 Å². The van der Waals surface area contributed by atoms with E-state index in [2.05, 4.69) is 35.8 Å². The van der Waals surface area contributed by atoms with E-state index in [1.807, 2.05) is 12.1 Å². The second kappa shape index (κ2) is 7.65. The topological polar surface area (TPSA) is 15.7 Å². The van der Waals surface area contributed by atoms with Gasteiger partial charge in [-0.1, -0.05) is 26.0 Å². The number of benzene rings is 1. The SMILES string of the molecule is COc1ccc(CN2CCN(CCC(C)C)CC2)cc1. The van der Waals surface area contributed by atoms with Crippen LogP contribution < -0.4 is 4.74 Å². The van der Waals surface area contributed by atoms with Gasteiger partial charge in [0.15, 0.2) is 0 Å². The minimum absolute atomic E-state index is 0.812. The zero-order chi connectivity index (χ0) is 14.4. The lowest BCUT2D eigenvalue weighted by molar-refractivity contribution is 0.123. The van der Waals surface area contributed by atoms with Crippen LogP contribution in [0, 0.1) is 5.92 Å². The summed E-state index contributed by atoms with van der Waals surface area (Å²) in [5.74, 6) is 1.75. The fourth-order valence-corrected chi connectivity index (χ4v) is 2.60. The molecule has 1 aromatic carbocycles. The van der Waals surface area contributed by atoms with E-state index in [9.17, 15) is 0 Å². The number of piperazine rings is 1. The van der Waals surface area contributed by atoms with Gasteiger partial charge in [-0.15, -0.1) is 0 Å². The number of nitrogens with zero attached hydrogens (tertiary/aromatic N) is 2. The van der Waals surface area contributed by atoms with E-state index in [1.54, 1.807) is 7.11 Å². The number of hydrogen-bond donors (Lipinski definition) is 0. The Labute approximate surface area is 123 Å². The largest absolute Gasteiger partial charge is 0.497 e. The van der Waals surface area contributed by atoms with E-state index in [-0.39, 0.29) is 0 Å². The van der Waals surface area contributed by atoms with E-state index in [0.29, 0.717) is 0 Å². The predicted octanol–water partition coefficient (Wildman–Crippen LogP) is 2.86. The van der Waals surface area contributed by atoms with Gasteiger partial charge in [-0.2, -0.15) is 0 Å². The summed E-state index contributed by atoms with van der Waals surface area (Å²) in [5, 5.41) is 0. The van der Waals surface area contributed by atoms with Gasteiger partial charge in [0.2, 0.25) is 0 Å². The van der Waals surface area contributed by atoms with E-state index >= 15 is 0 Å². The maximum absolute atomic E-state index is 5.20. The highest BCUT2D eigenvalue weighted by Gasteiger charge is 2.16. The van der Waals surface area contributed by atoms with Gasteiger partial charge >= 0.3 is 0 Å². The maximum atomic E-state index is 5.20. The minimum atomic E-state index is 0.812. The van der Waals surface area contributed by atoms with Crippen LogP contribution in [0.5, 0.6) is 5.75 Å². The first-order valence-corrected chi connectivity index (χ1v) is 7.75. The second-order valence-electron chi connectivity index (χ2n) is 6.15. The number of rotatable bonds is 6. The van der Waals surface area contributed by atoms with Crippen LogP contribution in [0.4, 0.5) is 0 Å². The second-order valence-corrected chi connectivity index (χ2v) is 6.15. The average Bonchev–Trinajstić information content (AvgIpc) is 2.47. The summed E-state index contributed by atoms with van der Waals surface area (Å²) < 4.78 is 5.20. The van der Waals surface area contributed by atoms with Gasteiger partial charge in [-0.3, -0.25) is 4.90 Å². The van der Waals surface area contributed by atoms with Crippen LogP contribution in [0.3, 0.4) is 0 Å². The number of hydrogen-bond acceptors (Lipinski definition) is 3. The van der Waals surface area contributed by atoms with Crippen LogP contribution in [-0.4, -0.2) is 49.6 Å². The van der Waals surface area contributed by atoms with Crippen molar-refractivity contribution in [2.24, 2.45) is 5.92 Å². The summed E-state index contributed by atoms with van der Waals surface area (Å²) in [6, 6.07) is 8.44. The fourth-order valence-electron chi connectivity index (χ4n) is 2.60. The summed E-state index contributed by atoms with van der Waals surface area (Å²) in [4.78, 5) is 5.15. The molecule has 1 heterocycles. The van der Waals surface area contributed by atoms with Crippen molar-refractivity contribution in [2.75, 3.05) is 39.8 Å². The van der Waals surface area contributed by atoms with E-state index in [1.165, 1.54) is 44.7 Å². The highest BCUT2D eigenvalue weighted by Crippen LogP contribution is 2.14. The number of ether oxygens (including phenoxy) is 1. The van der Waals surface area contributed by atoms with Gasteiger partial charge in [-0.25, -0.2) is 0 Å². The van der Waals surface area contributed by atoms with Gasteiger partial charge in [0.25, 0.3) is 0 Å². The third kappa shape index (κ3) is 4.80. The first kappa shape index (κ1) is 15.3. The number of methoxy groups -OCH3 is 1. The van der Waals surface area contributed by atoms with Crippen molar-refractivity contribution in [3.8, 4) is 5.75 Å². The molecule has 1 aliphatic heterocycles. The van der Waals surface area contributed by atoms with Crippen molar-refractivity contribution in [2.45, 2.75) is 26.8 Å². The highest BCUT2D eigenvalue weighted by molar-refractivity contribution is 5.27. The molecule has 0 saturated carbocycles. The van der Waals surface area contributed by atoms with E-state index < -0.39 is 0 Å². The molecule has 0 spiro atoms. The summed E-state index contributed by atoms with van der Waals surface area (Å²) >= 11 is 0. The molecule has 1 aromatic rings. The minimum Gasteiger partial charge on any atom is -0.497 e. The molecule has 3 heteroatoms. The van der Waals surface area contributed by atoms with Gasteiger partial charge in [0.05, 0.1) is 7.11 Å². The van der Waals surface area contributed by atoms with Crippen molar-refractivity contribution in [1.29, 1.82) is 0 Å². The van der Waals surface area contributed by atoms with Crippen LogP contribution in [0.15, 0.2) is 24.3 Å². The lowest BCUT2D eigenvalue weighted by atomic mass is 10.1. The Hall–Kier alpha value is -1.06. The fraction of sp³-hybridized carbons (Fsp3) is 0.647. The van der Waals surface area contributed by atoms with Crippen LogP contribution in [0.25, 0.3) is 0 Å². The van der Waals surface area contributed by atoms with Crippen molar-refractivity contribution in [1.82, 2.24) is 9.80 Å². The molecule has 1 aliphatic rings. The van der Waals surface area contributed by atoms with Gasteiger partial charge < -0.3 is 9.64 Å². The summed E-state index contributed by atoms with van der Waals surface area (Å²) in [6.07, 6.45) is 1.32. The zero-order valence-electron chi connectivity index (χ0n) is 13.1. The Morgan fingerprint density at radius 3 is 2.15 bits per heavy atom. The van der Waals surface area contributed by atoms with Crippen molar-refractivity contribution >= 4 is 0 Å². The smallest absolute Gasteiger partial charge is 0.118 e. The molecule has 0 bridgehead atoms. The molecule has 1 fully saturated rings. The van der Waals surface area contributed by atoms with Crippen LogP contribution in [0.2, 0.25) is 0 Å². The quantitative estimate of drug-likeness (QED) is 0.794.